The van der Waals surface area contributed by atoms with Crippen LogP contribution < -0.4 is 10.6 Å². The first-order valence-electron chi connectivity index (χ1n) is 7.44. The second-order valence-electron chi connectivity index (χ2n) is 6.77. The molecule has 2 N–H and O–H groups in total. The number of hydrogen-bond donors (Lipinski definition) is 1. The second-order valence-corrected chi connectivity index (χ2v) is 7.18. The molecule has 20 heavy (non-hydrogen) atoms. The van der Waals surface area contributed by atoms with Gasteiger partial charge in [-0.05, 0) is 36.8 Å². The summed E-state index contributed by atoms with van der Waals surface area (Å²) in [6.45, 7) is 11.1. The number of rotatable bonds is 5. The number of benzene rings is 1. The molecule has 0 saturated heterocycles. The summed E-state index contributed by atoms with van der Waals surface area (Å²) in [5.74, 6) is 0. The molecule has 0 aliphatic heterocycles. The van der Waals surface area contributed by atoms with Gasteiger partial charge in [0.1, 0.15) is 0 Å². The van der Waals surface area contributed by atoms with Gasteiger partial charge in [-0.25, -0.2) is 0 Å². The summed E-state index contributed by atoms with van der Waals surface area (Å²) < 4.78 is 0. The lowest BCUT2D eigenvalue weighted by Gasteiger charge is -2.38. The molecule has 0 aromatic heterocycles. The van der Waals surface area contributed by atoms with Crippen LogP contribution in [0, 0.1) is 5.41 Å². The molecule has 0 aliphatic rings. The maximum absolute atomic E-state index is 6.46. The maximum atomic E-state index is 6.46. The Kier molecular flexibility index (Phi) is 5.91. The first-order valence-corrected chi connectivity index (χ1v) is 7.82. The standard InChI is InChI=1S/C17H29ClN2/c1-7-14(19)11-13-9-8-10-15(18)16(13)20(6)12(2)17(3,4)5/h8-10,12,14H,7,11,19H2,1-6H3. The molecule has 1 aromatic carbocycles. The Morgan fingerprint density at radius 2 is 1.90 bits per heavy atom. The van der Waals surface area contributed by atoms with Crippen molar-refractivity contribution in [1.29, 1.82) is 0 Å². The highest BCUT2D eigenvalue weighted by Gasteiger charge is 2.26. The zero-order valence-corrected chi connectivity index (χ0v) is 14.5. The highest BCUT2D eigenvalue weighted by Crippen LogP contribution is 2.35. The van der Waals surface area contributed by atoms with E-state index in [0.29, 0.717) is 6.04 Å². The van der Waals surface area contributed by atoms with E-state index in [1.165, 1.54) is 5.56 Å². The van der Waals surface area contributed by atoms with Crippen LogP contribution in [0.25, 0.3) is 0 Å². The van der Waals surface area contributed by atoms with Gasteiger partial charge in [0.15, 0.2) is 0 Å². The molecular formula is C17H29ClN2. The van der Waals surface area contributed by atoms with Crippen molar-refractivity contribution < 1.29 is 0 Å². The number of hydrogen-bond acceptors (Lipinski definition) is 2. The minimum absolute atomic E-state index is 0.186. The van der Waals surface area contributed by atoms with Crippen LogP contribution in [-0.4, -0.2) is 19.1 Å². The van der Waals surface area contributed by atoms with Gasteiger partial charge in [0.2, 0.25) is 0 Å². The molecule has 0 spiro atoms. The Balaban J connectivity index is 3.15. The Bertz CT molecular complexity index is 437. The van der Waals surface area contributed by atoms with E-state index in [2.05, 4.69) is 52.6 Å². The van der Waals surface area contributed by atoms with Gasteiger partial charge in [-0.3, -0.25) is 0 Å². The fourth-order valence-corrected chi connectivity index (χ4v) is 2.65. The Hall–Kier alpha value is -0.730. The third-order valence-electron chi connectivity index (χ3n) is 4.26. The third-order valence-corrected chi connectivity index (χ3v) is 4.57. The summed E-state index contributed by atoms with van der Waals surface area (Å²) in [6.07, 6.45) is 1.85. The molecule has 0 amide bonds. The fraction of sp³-hybridized carbons (Fsp3) is 0.647. The molecule has 2 atom stereocenters. The van der Waals surface area contributed by atoms with E-state index in [1.54, 1.807) is 0 Å². The zero-order valence-electron chi connectivity index (χ0n) is 13.7. The van der Waals surface area contributed by atoms with E-state index in [0.717, 1.165) is 23.6 Å². The lowest BCUT2D eigenvalue weighted by Crippen LogP contribution is -2.40. The van der Waals surface area contributed by atoms with Gasteiger partial charge >= 0.3 is 0 Å². The molecule has 2 nitrogen and oxygen atoms in total. The minimum Gasteiger partial charge on any atom is -0.370 e. The average molecular weight is 297 g/mol. The molecule has 3 heteroatoms. The highest BCUT2D eigenvalue weighted by molar-refractivity contribution is 6.33. The summed E-state index contributed by atoms with van der Waals surface area (Å²) in [5, 5.41) is 0.810. The van der Waals surface area contributed by atoms with E-state index in [-0.39, 0.29) is 11.5 Å². The van der Waals surface area contributed by atoms with E-state index >= 15 is 0 Å². The van der Waals surface area contributed by atoms with Gasteiger partial charge in [0, 0.05) is 19.1 Å². The van der Waals surface area contributed by atoms with Gasteiger partial charge in [0.05, 0.1) is 10.7 Å². The molecule has 114 valence electrons. The number of nitrogens with zero attached hydrogens (tertiary/aromatic N) is 1. The topological polar surface area (TPSA) is 29.3 Å². The van der Waals surface area contributed by atoms with Crippen molar-refractivity contribution in [3.05, 3.63) is 28.8 Å². The fourth-order valence-electron chi connectivity index (χ4n) is 2.32. The van der Waals surface area contributed by atoms with Crippen molar-refractivity contribution >= 4 is 17.3 Å². The van der Waals surface area contributed by atoms with Crippen molar-refractivity contribution in [2.24, 2.45) is 11.1 Å². The Labute approximate surface area is 129 Å². The molecule has 0 fully saturated rings. The van der Waals surface area contributed by atoms with Gasteiger partial charge in [-0.1, -0.05) is 51.4 Å². The minimum atomic E-state index is 0.186. The Morgan fingerprint density at radius 1 is 1.30 bits per heavy atom. The highest BCUT2D eigenvalue weighted by atomic mass is 35.5. The quantitative estimate of drug-likeness (QED) is 0.867. The van der Waals surface area contributed by atoms with Crippen LogP contribution in [0.4, 0.5) is 5.69 Å². The molecule has 0 bridgehead atoms. The van der Waals surface area contributed by atoms with Crippen LogP contribution in [0.5, 0.6) is 0 Å². The number of halogens is 1. The number of para-hydroxylation sites is 1. The van der Waals surface area contributed by atoms with Crippen LogP contribution in [0.2, 0.25) is 5.02 Å². The van der Waals surface area contributed by atoms with E-state index in [9.17, 15) is 0 Å². The molecular weight excluding hydrogens is 268 g/mol. The van der Waals surface area contributed by atoms with Gasteiger partial charge < -0.3 is 10.6 Å². The van der Waals surface area contributed by atoms with Crippen molar-refractivity contribution in [2.75, 3.05) is 11.9 Å². The maximum Gasteiger partial charge on any atom is 0.0642 e. The molecule has 0 heterocycles. The lowest BCUT2D eigenvalue weighted by molar-refractivity contribution is 0.329. The van der Waals surface area contributed by atoms with Crippen LogP contribution in [0.1, 0.15) is 46.6 Å². The zero-order chi connectivity index (χ0) is 15.5. The molecule has 1 aromatic rings. The predicted octanol–water partition coefficient (Wildman–Crippen LogP) is 4.49. The first kappa shape index (κ1) is 17.3. The van der Waals surface area contributed by atoms with Crippen molar-refractivity contribution in [3.63, 3.8) is 0 Å². The third kappa shape index (κ3) is 4.13. The lowest BCUT2D eigenvalue weighted by atomic mass is 9.86. The normalized spacial score (nSPS) is 15.0. The summed E-state index contributed by atoms with van der Waals surface area (Å²) in [4.78, 5) is 2.29. The number of nitrogens with two attached hydrogens (primary N) is 1. The summed E-state index contributed by atoms with van der Waals surface area (Å²) in [5.41, 5.74) is 8.68. The summed E-state index contributed by atoms with van der Waals surface area (Å²) in [6, 6.07) is 6.69. The van der Waals surface area contributed by atoms with Crippen LogP contribution in [0.3, 0.4) is 0 Å². The smallest absolute Gasteiger partial charge is 0.0642 e. The SMILES string of the molecule is CCC(N)Cc1cccc(Cl)c1N(C)C(C)C(C)(C)C. The summed E-state index contributed by atoms with van der Waals surface area (Å²) in [7, 11) is 2.12. The van der Waals surface area contributed by atoms with Crippen LogP contribution >= 0.6 is 11.6 Å². The number of anilines is 1. The van der Waals surface area contributed by atoms with Crippen LogP contribution in [0.15, 0.2) is 18.2 Å². The molecule has 2 unspecified atom stereocenters. The largest absolute Gasteiger partial charge is 0.370 e. The second kappa shape index (κ2) is 6.82. The van der Waals surface area contributed by atoms with Crippen LogP contribution in [-0.2, 0) is 6.42 Å². The molecule has 0 radical (unpaired) electrons. The molecule has 1 rings (SSSR count). The predicted molar refractivity (Wildman–Crippen MR) is 90.7 cm³/mol. The van der Waals surface area contributed by atoms with E-state index in [1.807, 2.05) is 12.1 Å². The van der Waals surface area contributed by atoms with E-state index in [4.69, 9.17) is 17.3 Å². The average Bonchev–Trinajstić information content (AvgIpc) is 2.36. The van der Waals surface area contributed by atoms with Gasteiger partial charge in [0.25, 0.3) is 0 Å². The van der Waals surface area contributed by atoms with Crippen molar-refractivity contribution in [3.8, 4) is 0 Å². The van der Waals surface area contributed by atoms with Gasteiger partial charge in [-0.2, -0.15) is 0 Å². The van der Waals surface area contributed by atoms with Crippen molar-refractivity contribution in [2.45, 2.75) is 59.5 Å². The van der Waals surface area contributed by atoms with E-state index < -0.39 is 0 Å². The molecule has 0 aliphatic carbocycles. The van der Waals surface area contributed by atoms with Gasteiger partial charge in [-0.15, -0.1) is 0 Å². The Morgan fingerprint density at radius 3 is 2.40 bits per heavy atom. The monoisotopic (exact) mass is 296 g/mol. The first-order chi connectivity index (χ1) is 9.18. The summed E-state index contributed by atoms with van der Waals surface area (Å²) >= 11 is 6.46. The molecule has 0 saturated carbocycles. The van der Waals surface area contributed by atoms with Crippen molar-refractivity contribution in [1.82, 2.24) is 0 Å².